The van der Waals surface area contributed by atoms with Gasteiger partial charge < -0.3 is 20.3 Å². The normalized spacial score (nSPS) is 11.2. The summed E-state index contributed by atoms with van der Waals surface area (Å²) in [5.41, 5.74) is -0.518. The molecule has 0 saturated carbocycles. The molecule has 26 heavy (non-hydrogen) atoms. The van der Waals surface area contributed by atoms with Crippen LogP contribution in [-0.4, -0.2) is 58.5 Å². The molecule has 156 valence electrons. The van der Waals surface area contributed by atoms with E-state index >= 15 is 0 Å². The largest absolute Gasteiger partial charge is 0.480 e. The van der Waals surface area contributed by atoms with Crippen LogP contribution in [0, 0.1) is 0 Å². The van der Waals surface area contributed by atoms with Gasteiger partial charge in [-0.1, -0.05) is 27.2 Å². The lowest BCUT2D eigenvalue weighted by Crippen LogP contribution is -2.41. The molecule has 8 heteroatoms. The topological polar surface area (TPSA) is 113 Å². The third-order valence-corrected chi connectivity index (χ3v) is 3.27. The number of carboxylic acids is 1. The van der Waals surface area contributed by atoms with Gasteiger partial charge >= 0.3 is 5.97 Å². The third-order valence-electron chi connectivity index (χ3n) is 2.90. The van der Waals surface area contributed by atoms with Gasteiger partial charge in [-0.3, -0.25) is 9.59 Å². The van der Waals surface area contributed by atoms with Crippen LogP contribution in [-0.2, 0) is 19.1 Å². The Bertz CT molecular complexity index is 388. The number of hydrogen-bond donors (Lipinski definition) is 4. The van der Waals surface area contributed by atoms with Gasteiger partial charge in [0, 0.05) is 18.6 Å². The molecule has 0 aliphatic heterocycles. The first kappa shape index (κ1) is 29.6. The zero-order valence-electron chi connectivity index (χ0n) is 17.0. The van der Waals surface area contributed by atoms with E-state index in [0.29, 0.717) is 19.4 Å². The van der Waals surface area contributed by atoms with Crippen molar-refractivity contribution in [2.45, 2.75) is 78.9 Å². The number of carbonyl (C=O) groups excluding carboxylic acids is 2. The van der Waals surface area contributed by atoms with Crippen molar-refractivity contribution < 1.29 is 29.3 Å². The summed E-state index contributed by atoms with van der Waals surface area (Å²) in [6, 6.07) is -0.868. The highest BCUT2D eigenvalue weighted by atomic mass is 32.1. The van der Waals surface area contributed by atoms with Gasteiger partial charge in [0.1, 0.15) is 11.8 Å². The summed E-state index contributed by atoms with van der Waals surface area (Å²) in [6.07, 6.45) is 2.51. The van der Waals surface area contributed by atoms with Crippen molar-refractivity contribution in [1.29, 1.82) is 0 Å². The lowest BCUT2D eigenvalue weighted by molar-refractivity contribution is -0.141. The number of ketones is 1. The quantitative estimate of drug-likeness (QED) is 0.400. The number of aliphatic hydroxyl groups excluding tert-OH is 1. The standard InChI is InChI=1S/C8H15NO3S.C8H16O3.C2H6/c1-2-3-4-7(10)9-6(5-13)8(11)12;1-7(10)4-5-11-8(2,3)6-9;1-2/h6,13H,2-5H2,1H3,(H,9,10)(H,11,12);9H,4-6H2,1-3H3;1-2H3. The maximum atomic E-state index is 11.1. The van der Waals surface area contributed by atoms with Crippen molar-refractivity contribution in [3.63, 3.8) is 0 Å². The Morgan fingerprint density at radius 3 is 2.08 bits per heavy atom. The molecule has 0 heterocycles. The maximum absolute atomic E-state index is 11.1. The Hall–Kier alpha value is -1.12. The molecular formula is C18H37NO6S. The Balaban J connectivity index is -0.000000375. The smallest absolute Gasteiger partial charge is 0.327 e. The molecule has 0 rings (SSSR count). The molecule has 7 nitrogen and oxygen atoms in total. The number of ether oxygens (including phenoxy) is 1. The van der Waals surface area contributed by atoms with E-state index in [1.54, 1.807) is 13.8 Å². The minimum atomic E-state index is -1.04. The summed E-state index contributed by atoms with van der Waals surface area (Å²) in [5, 5.41) is 19.7. The number of Topliss-reactive ketones (excluding diaryl/α,β-unsaturated/α-hetero) is 1. The lowest BCUT2D eigenvalue weighted by Gasteiger charge is -2.21. The highest BCUT2D eigenvalue weighted by Crippen LogP contribution is 2.07. The van der Waals surface area contributed by atoms with Crippen molar-refractivity contribution >= 4 is 30.3 Å². The minimum Gasteiger partial charge on any atom is -0.480 e. The molecule has 0 radical (unpaired) electrons. The van der Waals surface area contributed by atoms with Crippen LogP contribution in [0.5, 0.6) is 0 Å². The monoisotopic (exact) mass is 395 g/mol. The summed E-state index contributed by atoms with van der Waals surface area (Å²) in [7, 11) is 0. The number of nitrogens with one attached hydrogen (secondary N) is 1. The van der Waals surface area contributed by atoms with Gasteiger partial charge in [-0.05, 0) is 27.2 Å². The van der Waals surface area contributed by atoms with Crippen LogP contribution in [0.4, 0.5) is 0 Å². The first-order valence-electron chi connectivity index (χ1n) is 8.96. The zero-order valence-corrected chi connectivity index (χ0v) is 17.9. The van der Waals surface area contributed by atoms with Crippen LogP contribution in [0.3, 0.4) is 0 Å². The first-order valence-corrected chi connectivity index (χ1v) is 9.60. The minimum absolute atomic E-state index is 0.0229. The van der Waals surface area contributed by atoms with Gasteiger partial charge in [-0.25, -0.2) is 4.79 Å². The summed E-state index contributed by atoms with van der Waals surface area (Å²) >= 11 is 3.83. The van der Waals surface area contributed by atoms with E-state index in [-0.39, 0.29) is 24.1 Å². The molecule has 0 bridgehead atoms. The fourth-order valence-electron chi connectivity index (χ4n) is 1.31. The number of carbonyl (C=O) groups is 3. The molecular weight excluding hydrogens is 358 g/mol. The van der Waals surface area contributed by atoms with Crippen LogP contribution >= 0.6 is 12.6 Å². The zero-order chi connectivity index (χ0) is 21.2. The van der Waals surface area contributed by atoms with Crippen molar-refractivity contribution in [3.8, 4) is 0 Å². The highest BCUT2D eigenvalue weighted by Gasteiger charge is 2.17. The third kappa shape index (κ3) is 20.9. The first-order chi connectivity index (χ1) is 12.1. The second-order valence-electron chi connectivity index (χ2n) is 5.96. The molecule has 3 N–H and O–H groups in total. The van der Waals surface area contributed by atoms with Crippen LogP contribution in [0.15, 0.2) is 0 Å². The van der Waals surface area contributed by atoms with E-state index in [2.05, 4.69) is 17.9 Å². The number of aliphatic hydroxyl groups is 1. The number of carboxylic acid groups (broad SMARTS) is 1. The number of hydrogen-bond acceptors (Lipinski definition) is 6. The number of amides is 1. The van der Waals surface area contributed by atoms with E-state index in [4.69, 9.17) is 14.9 Å². The number of thiol groups is 1. The van der Waals surface area contributed by atoms with Crippen LogP contribution < -0.4 is 5.32 Å². The van der Waals surface area contributed by atoms with Gasteiger partial charge in [0.25, 0.3) is 0 Å². The van der Waals surface area contributed by atoms with Gasteiger partial charge in [-0.2, -0.15) is 12.6 Å². The predicted octanol–water partition coefficient (Wildman–Crippen LogP) is 2.46. The molecule has 0 aromatic heterocycles. The van der Waals surface area contributed by atoms with Crippen molar-refractivity contribution in [2.24, 2.45) is 0 Å². The lowest BCUT2D eigenvalue weighted by atomic mass is 10.1. The number of aliphatic carboxylic acids is 1. The van der Waals surface area contributed by atoms with Gasteiger partial charge in [0.15, 0.2) is 0 Å². The van der Waals surface area contributed by atoms with E-state index in [1.807, 2.05) is 20.8 Å². The summed E-state index contributed by atoms with van der Waals surface area (Å²) in [4.78, 5) is 32.0. The molecule has 0 spiro atoms. The summed E-state index contributed by atoms with van der Waals surface area (Å²) < 4.78 is 5.22. The van der Waals surface area contributed by atoms with E-state index in [0.717, 1.165) is 12.8 Å². The molecule has 1 atom stereocenters. The maximum Gasteiger partial charge on any atom is 0.327 e. The number of unbranched alkanes of at least 4 members (excludes halogenated alkanes) is 1. The van der Waals surface area contributed by atoms with E-state index < -0.39 is 17.6 Å². The van der Waals surface area contributed by atoms with Gasteiger partial charge in [0.05, 0.1) is 18.8 Å². The van der Waals surface area contributed by atoms with Crippen LogP contribution in [0.25, 0.3) is 0 Å². The Kier molecular flexibility index (Phi) is 21.3. The molecule has 0 aliphatic rings. The molecule has 0 aliphatic carbocycles. The molecule has 1 unspecified atom stereocenters. The van der Waals surface area contributed by atoms with Gasteiger partial charge in [-0.15, -0.1) is 0 Å². The highest BCUT2D eigenvalue weighted by molar-refractivity contribution is 7.80. The van der Waals surface area contributed by atoms with Gasteiger partial charge in [0.2, 0.25) is 5.91 Å². The molecule has 0 aromatic carbocycles. The fourth-order valence-corrected chi connectivity index (χ4v) is 1.55. The molecule has 0 saturated heterocycles. The van der Waals surface area contributed by atoms with Crippen LogP contribution in [0.1, 0.15) is 67.2 Å². The van der Waals surface area contributed by atoms with E-state index in [1.165, 1.54) is 6.92 Å². The fraction of sp³-hybridized carbons (Fsp3) is 0.833. The van der Waals surface area contributed by atoms with E-state index in [9.17, 15) is 14.4 Å². The van der Waals surface area contributed by atoms with Crippen molar-refractivity contribution in [3.05, 3.63) is 0 Å². The summed E-state index contributed by atoms with van der Waals surface area (Å²) in [6.45, 7) is 11.4. The molecule has 0 aromatic rings. The van der Waals surface area contributed by atoms with Crippen molar-refractivity contribution in [2.75, 3.05) is 19.0 Å². The SMILES string of the molecule is CC.CC(=O)CCOC(C)(C)CO.CCCCC(=O)NC(CS)C(=O)O. The predicted molar refractivity (Wildman–Crippen MR) is 107 cm³/mol. The Labute approximate surface area is 163 Å². The molecule has 0 fully saturated rings. The Morgan fingerprint density at radius 1 is 1.19 bits per heavy atom. The average molecular weight is 396 g/mol. The number of rotatable bonds is 11. The summed E-state index contributed by atoms with van der Waals surface area (Å²) in [5.74, 6) is -1.03. The average Bonchev–Trinajstić information content (AvgIpc) is 2.59. The molecule has 1 amide bonds. The second-order valence-corrected chi connectivity index (χ2v) is 6.33. The second kappa shape index (κ2) is 18.7. The Morgan fingerprint density at radius 2 is 1.73 bits per heavy atom. The van der Waals surface area contributed by atoms with Crippen LogP contribution in [0.2, 0.25) is 0 Å². The van der Waals surface area contributed by atoms with Crippen molar-refractivity contribution in [1.82, 2.24) is 5.32 Å².